The first-order valence-corrected chi connectivity index (χ1v) is 5.31. The average Bonchev–Trinajstić information content (AvgIpc) is 2.34. The molecule has 0 saturated heterocycles. The first-order chi connectivity index (χ1) is 8.24. The summed E-state index contributed by atoms with van der Waals surface area (Å²) in [5.41, 5.74) is 9.14. The molecule has 0 spiro atoms. The highest BCUT2D eigenvalue weighted by molar-refractivity contribution is 5.91. The van der Waals surface area contributed by atoms with Crippen molar-refractivity contribution in [3.63, 3.8) is 0 Å². The summed E-state index contributed by atoms with van der Waals surface area (Å²) in [4.78, 5) is 22.1. The van der Waals surface area contributed by atoms with Crippen molar-refractivity contribution in [1.29, 1.82) is 0 Å². The van der Waals surface area contributed by atoms with E-state index in [4.69, 9.17) is 5.53 Å². The molecule has 0 atom stereocenters. The van der Waals surface area contributed by atoms with Gasteiger partial charge in [0.1, 0.15) is 5.69 Å². The van der Waals surface area contributed by atoms with Crippen molar-refractivity contribution in [1.82, 2.24) is 15.3 Å². The van der Waals surface area contributed by atoms with E-state index in [9.17, 15) is 4.79 Å². The lowest BCUT2D eigenvalue weighted by Crippen LogP contribution is -2.25. The third-order valence-electron chi connectivity index (χ3n) is 2.05. The van der Waals surface area contributed by atoms with Crippen LogP contribution in [0.2, 0.25) is 0 Å². The molecule has 1 amide bonds. The second-order valence-corrected chi connectivity index (χ2v) is 3.46. The van der Waals surface area contributed by atoms with Crippen LogP contribution >= 0.6 is 0 Å². The molecule has 0 radical (unpaired) electrons. The lowest BCUT2D eigenvalue weighted by Gasteiger charge is -2.03. The molecule has 0 aliphatic heterocycles. The quantitative estimate of drug-likeness (QED) is 0.350. The minimum atomic E-state index is -0.235. The van der Waals surface area contributed by atoms with Crippen LogP contribution in [0.4, 0.5) is 0 Å². The molecule has 1 heterocycles. The maximum Gasteiger partial charge on any atom is 0.271 e. The third-order valence-corrected chi connectivity index (χ3v) is 2.05. The summed E-state index contributed by atoms with van der Waals surface area (Å²) in [7, 11) is 0. The molecule has 0 bridgehead atoms. The Kier molecular flexibility index (Phi) is 5.46. The normalized spacial score (nSPS) is 9.47. The number of rotatable bonds is 6. The van der Waals surface area contributed by atoms with Crippen molar-refractivity contribution in [2.75, 3.05) is 13.1 Å². The molecule has 0 aromatic carbocycles. The second kappa shape index (κ2) is 7.19. The molecule has 7 nitrogen and oxygen atoms in total. The van der Waals surface area contributed by atoms with E-state index < -0.39 is 0 Å². The molecule has 0 saturated carbocycles. The Hall–Kier alpha value is -2.14. The number of amides is 1. The maximum atomic E-state index is 11.5. The number of carbonyl (C=O) groups is 1. The van der Waals surface area contributed by atoms with Gasteiger partial charge in [0.15, 0.2) is 0 Å². The van der Waals surface area contributed by atoms with Crippen LogP contribution in [-0.4, -0.2) is 29.0 Å². The van der Waals surface area contributed by atoms with Gasteiger partial charge in [0.25, 0.3) is 5.91 Å². The zero-order valence-electron chi connectivity index (χ0n) is 9.63. The van der Waals surface area contributed by atoms with Crippen LogP contribution in [0.1, 0.15) is 29.0 Å². The number of nitrogens with zero attached hydrogens (tertiary/aromatic N) is 5. The molecule has 1 rings (SSSR count). The fraction of sp³-hybridized carbons (Fsp3) is 0.500. The number of aryl methyl sites for hydroxylation is 1. The van der Waals surface area contributed by atoms with Crippen LogP contribution in [0.3, 0.4) is 0 Å². The van der Waals surface area contributed by atoms with Crippen molar-refractivity contribution in [2.24, 2.45) is 5.11 Å². The highest BCUT2D eigenvalue weighted by atomic mass is 16.1. The van der Waals surface area contributed by atoms with E-state index in [-0.39, 0.29) is 5.91 Å². The fourth-order valence-electron chi connectivity index (χ4n) is 1.15. The summed E-state index contributed by atoms with van der Waals surface area (Å²) in [5, 5.41) is 6.12. The largest absolute Gasteiger partial charge is 0.351 e. The molecule has 90 valence electrons. The summed E-state index contributed by atoms with van der Waals surface area (Å²) in [6, 6.07) is 0. The predicted molar refractivity (Wildman–Crippen MR) is 62.3 cm³/mol. The maximum absolute atomic E-state index is 11.5. The van der Waals surface area contributed by atoms with Gasteiger partial charge in [-0.25, -0.2) is 4.98 Å². The van der Waals surface area contributed by atoms with E-state index in [1.807, 2.05) is 6.92 Å². The summed E-state index contributed by atoms with van der Waals surface area (Å²) < 4.78 is 0. The predicted octanol–water partition coefficient (Wildman–Crippen LogP) is 1.61. The van der Waals surface area contributed by atoms with Gasteiger partial charge in [-0.15, -0.1) is 0 Å². The monoisotopic (exact) mass is 234 g/mol. The molecule has 1 N–H and O–H groups in total. The number of hydrogen-bond acceptors (Lipinski definition) is 4. The van der Waals surface area contributed by atoms with E-state index >= 15 is 0 Å². The van der Waals surface area contributed by atoms with Crippen LogP contribution in [-0.2, 0) is 0 Å². The van der Waals surface area contributed by atoms with Crippen LogP contribution in [0.5, 0.6) is 0 Å². The first kappa shape index (κ1) is 12.9. The summed E-state index contributed by atoms with van der Waals surface area (Å²) in [5.74, 6) is -0.235. The van der Waals surface area contributed by atoms with Gasteiger partial charge in [-0.05, 0) is 25.3 Å². The Bertz CT molecular complexity index is 409. The zero-order valence-corrected chi connectivity index (χ0v) is 9.63. The van der Waals surface area contributed by atoms with Gasteiger partial charge in [0.2, 0.25) is 0 Å². The second-order valence-electron chi connectivity index (χ2n) is 3.46. The topological polar surface area (TPSA) is 104 Å². The minimum Gasteiger partial charge on any atom is -0.351 e. The van der Waals surface area contributed by atoms with Crippen molar-refractivity contribution in [2.45, 2.75) is 19.8 Å². The minimum absolute atomic E-state index is 0.235. The van der Waals surface area contributed by atoms with E-state index in [1.54, 1.807) is 6.20 Å². The molecule has 17 heavy (non-hydrogen) atoms. The van der Waals surface area contributed by atoms with Crippen LogP contribution in [0, 0.1) is 6.92 Å². The molecule has 0 fully saturated rings. The molecule has 7 heteroatoms. The SMILES string of the molecule is Cc1cnc(C(=O)NCCCCN=[N+]=[N-])cn1. The van der Waals surface area contributed by atoms with Gasteiger partial charge in [0.05, 0.1) is 11.9 Å². The van der Waals surface area contributed by atoms with Crippen molar-refractivity contribution in [3.05, 3.63) is 34.2 Å². The Balaban J connectivity index is 2.25. The molecule has 1 aromatic rings. The highest BCUT2D eigenvalue weighted by Crippen LogP contribution is 1.94. The highest BCUT2D eigenvalue weighted by Gasteiger charge is 2.05. The lowest BCUT2D eigenvalue weighted by atomic mass is 10.3. The molecule has 0 aliphatic carbocycles. The van der Waals surface area contributed by atoms with Crippen LogP contribution < -0.4 is 5.32 Å². The third kappa shape index (κ3) is 4.94. The van der Waals surface area contributed by atoms with Crippen LogP contribution in [0.15, 0.2) is 17.5 Å². The van der Waals surface area contributed by atoms with Gasteiger partial charge >= 0.3 is 0 Å². The molecule has 1 aromatic heterocycles. The number of unbranched alkanes of at least 4 members (excludes halogenated alkanes) is 1. The van der Waals surface area contributed by atoms with E-state index in [0.29, 0.717) is 18.8 Å². The number of nitrogens with one attached hydrogen (secondary N) is 1. The van der Waals surface area contributed by atoms with E-state index in [2.05, 4.69) is 25.3 Å². The molecule has 0 unspecified atom stereocenters. The van der Waals surface area contributed by atoms with Gasteiger partial charge < -0.3 is 5.32 Å². The van der Waals surface area contributed by atoms with Gasteiger partial charge in [-0.3, -0.25) is 9.78 Å². The smallest absolute Gasteiger partial charge is 0.271 e. The summed E-state index contributed by atoms with van der Waals surface area (Å²) in [6.07, 6.45) is 4.52. The number of carbonyl (C=O) groups excluding carboxylic acids is 1. The standard InChI is InChI=1S/C10H14N6O/c1-8-6-14-9(7-13-8)10(17)12-4-2-3-5-15-16-11/h6-7H,2-5H2,1H3,(H,12,17). The van der Waals surface area contributed by atoms with Crippen molar-refractivity contribution < 1.29 is 4.79 Å². The number of azide groups is 1. The molecule has 0 aliphatic rings. The fourth-order valence-corrected chi connectivity index (χ4v) is 1.15. The summed E-state index contributed by atoms with van der Waals surface area (Å²) >= 11 is 0. The van der Waals surface area contributed by atoms with Crippen molar-refractivity contribution >= 4 is 5.91 Å². The average molecular weight is 234 g/mol. The lowest BCUT2D eigenvalue weighted by molar-refractivity contribution is 0.0947. The van der Waals surface area contributed by atoms with Gasteiger partial charge in [-0.1, -0.05) is 5.11 Å². The number of hydrogen-bond donors (Lipinski definition) is 1. The van der Waals surface area contributed by atoms with Gasteiger partial charge in [-0.2, -0.15) is 0 Å². The number of aromatic nitrogens is 2. The van der Waals surface area contributed by atoms with Crippen LogP contribution in [0.25, 0.3) is 10.4 Å². The van der Waals surface area contributed by atoms with E-state index in [1.165, 1.54) is 6.20 Å². The molecular formula is C10H14N6O. The van der Waals surface area contributed by atoms with Gasteiger partial charge in [0, 0.05) is 24.2 Å². The summed E-state index contributed by atoms with van der Waals surface area (Å²) in [6.45, 7) is 2.80. The Labute approximate surface area is 98.9 Å². The molecular weight excluding hydrogens is 220 g/mol. The zero-order chi connectivity index (χ0) is 12.5. The Morgan fingerprint density at radius 1 is 1.47 bits per heavy atom. The Morgan fingerprint density at radius 3 is 2.94 bits per heavy atom. The van der Waals surface area contributed by atoms with Crippen molar-refractivity contribution in [3.8, 4) is 0 Å². The first-order valence-electron chi connectivity index (χ1n) is 5.31. The van der Waals surface area contributed by atoms with E-state index in [0.717, 1.165) is 18.5 Å². The Morgan fingerprint density at radius 2 is 2.29 bits per heavy atom.